The van der Waals surface area contributed by atoms with Crippen LogP contribution in [0.3, 0.4) is 0 Å². The molecule has 0 spiro atoms. The van der Waals surface area contributed by atoms with Gasteiger partial charge in [-0.1, -0.05) is 19.1 Å². The van der Waals surface area contributed by atoms with E-state index in [2.05, 4.69) is 10.2 Å². The van der Waals surface area contributed by atoms with Crippen LogP contribution >= 0.6 is 0 Å². The number of anilines is 3. The minimum Gasteiger partial charge on any atom is -0.478 e. The zero-order valence-corrected chi connectivity index (χ0v) is 21.6. The van der Waals surface area contributed by atoms with Crippen LogP contribution in [0.4, 0.5) is 17.1 Å². The number of aromatic carboxylic acids is 1. The third-order valence-corrected chi connectivity index (χ3v) is 6.82. The lowest BCUT2D eigenvalue weighted by Gasteiger charge is -2.31. The molecular weight excluding hydrogens is 482 g/mol. The number of nitrogens with one attached hydrogen (secondary N) is 1. The average molecular weight is 514 g/mol. The van der Waals surface area contributed by atoms with E-state index in [-0.39, 0.29) is 22.7 Å². The van der Waals surface area contributed by atoms with Crippen molar-refractivity contribution in [3.8, 4) is 0 Å². The zero-order chi connectivity index (χ0) is 27.2. The van der Waals surface area contributed by atoms with Crippen LogP contribution in [0.15, 0.2) is 60.7 Å². The summed E-state index contributed by atoms with van der Waals surface area (Å²) in [5.41, 5.74) is 3.80. The highest BCUT2D eigenvalue weighted by molar-refractivity contribution is 6.17. The molecule has 0 aliphatic carbocycles. The lowest BCUT2D eigenvalue weighted by molar-refractivity contribution is -0.106. The van der Waals surface area contributed by atoms with E-state index in [0.717, 1.165) is 54.9 Å². The van der Waals surface area contributed by atoms with Crippen molar-refractivity contribution in [1.29, 1.82) is 0 Å². The quantitative estimate of drug-likeness (QED) is 0.396. The summed E-state index contributed by atoms with van der Waals surface area (Å²) in [6.07, 6.45) is 4.42. The van der Waals surface area contributed by atoms with Gasteiger partial charge in [-0.2, -0.15) is 0 Å². The molecule has 0 aromatic heterocycles. The molecule has 4 rings (SSSR count). The molecule has 0 unspecified atom stereocenters. The molecule has 38 heavy (non-hydrogen) atoms. The van der Waals surface area contributed by atoms with Crippen molar-refractivity contribution in [3.63, 3.8) is 0 Å². The number of amides is 3. The van der Waals surface area contributed by atoms with Gasteiger partial charge in [-0.05, 0) is 92.3 Å². The van der Waals surface area contributed by atoms with Crippen LogP contribution in [0.2, 0.25) is 0 Å². The van der Waals surface area contributed by atoms with E-state index >= 15 is 0 Å². The Morgan fingerprint density at radius 3 is 2.39 bits per heavy atom. The second kappa shape index (κ2) is 11.7. The maximum atomic E-state index is 13.6. The van der Waals surface area contributed by atoms with Gasteiger partial charge in [0.25, 0.3) is 11.8 Å². The Kier molecular flexibility index (Phi) is 8.21. The largest absolute Gasteiger partial charge is 0.478 e. The molecule has 3 aromatic carbocycles. The predicted molar refractivity (Wildman–Crippen MR) is 147 cm³/mol. The molecular formula is C30H31N3O5. The van der Waals surface area contributed by atoms with Gasteiger partial charge in [-0.15, -0.1) is 0 Å². The monoisotopic (exact) mass is 513 g/mol. The predicted octanol–water partition coefficient (Wildman–Crippen LogP) is 5.30. The summed E-state index contributed by atoms with van der Waals surface area (Å²) >= 11 is 0. The van der Waals surface area contributed by atoms with Crippen molar-refractivity contribution in [2.45, 2.75) is 39.5 Å². The average Bonchev–Trinajstić information content (AvgIpc) is 2.93. The summed E-state index contributed by atoms with van der Waals surface area (Å²) in [7, 11) is 0. The number of aryl methyl sites for hydroxylation is 2. The normalized spacial score (nSPS) is 13.1. The second-order valence-corrected chi connectivity index (χ2v) is 9.37. The van der Waals surface area contributed by atoms with E-state index in [9.17, 15) is 24.3 Å². The third kappa shape index (κ3) is 5.75. The van der Waals surface area contributed by atoms with E-state index in [0.29, 0.717) is 23.2 Å². The van der Waals surface area contributed by atoms with E-state index in [4.69, 9.17) is 0 Å². The maximum absolute atomic E-state index is 13.6. The van der Waals surface area contributed by atoms with E-state index < -0.39 is 11.9 Å². The zero-order valence-electron chi connectivity index (χ0n) is 21.6. The molecule has 1 aliphatic heterocycles. The van der Waals surface area contributed by atoms with Crippen molar-refractivity contribution in [2.75, 3.05) is 28.2 Å². The fraction of sp³-hybridized carbons (Fsp3) is 0.267. The summed E-state index contributed by atoms with van der Waals surface area (Å²) in [4.78, 5) is 53.4. The van der Waals surface area contributed by atoms with Gasteiger partial charge in [0.05, 0.1) is 16.8 Å². The fourth-order valence-electron chi connectivity index (χ4n) is 4.73. The Balaban J connectivity index is 1.71. The van der Waals surface area contributed by atoms with Gasteiger partial charge in [0.15, 0.2) is 0 Å². The summed E-state index contributed by atoms with van der Waals surface area (Å²) < 4.78 is 0. The topological polar surface area (TPSA) is 107 Å². The number of carbonyl (C=O) groups excluding carboxylic acids is 3. The van der Waals surface area contributed by atoms with Crippen LogP contribution in [0.5, 0.6) is 0 Å². The molecule has 0 radical (unpaired) electrons. The van der Waals surface area contributed by atoms with Gasteiger partial charge in [0.2, 0.25) is 6.41 Å². The molecule has 1 fully saturated rings. The molecule has 8 heteroatoms. The first-order valence-corrected chi connectivity index (χ1v) is 12.7. The molecule has 0 saturated carbocycles. The van der Waals surface area contributed by atoms with Gasteiger partial charge in [-0.25, -0.2) is 9.69 Å². The highest BCUT2D eigenvalue weighted by atomic mass is 16.4. The summed E-state index contributed by atoms with van der Waals surface area (Å²) in [5.74, 6) is -2.05. The number of carbonyl (C=O) groups is 4. The highest BCUT2D eigenvalue weighted by Gasteiger charge is 2.24. The summed E-state index contributed by atoms with van der Waals surface area (Å²) in [6.45, 7) is 5.29. The highest BCUT2D eigenvalue weighted by Crippen LogP contribution is 2.30. The molecule has 1 aliphatic rings. The second-order valence-electron chi connectivity index (χ2n) is 9.37. The summed E-state index contributed by atoms with van der Waals surface area (Å²) in [5, 5.41) is 12.2. The van der Waals surface area contributed by atoms with E-state index in [1.54, 1.807) is 25.1 Å². The number of carboxylic acids is 1. The summed E-state index contributed by atoms with van der Waals surface area (Å²) in [6, 6.07) is 16.8. The molecule has 8 nitrogen and oxygen atoms in total. The van der Waals surface area contributed by atoms with Crippen molar-refractivity contribution in [2.24, 2.45) is 0 Å². The molecule has 196 valence electrons. The third-order valence-electron chi connectivity index (χ3n) is 6.82. The number of hydrogen-bond donors (Lipinski definition) is 2. The lowest BCUT2D eigenvalue weighted by atomic mass is 10.0. The standard InChI is InChI=1S/C30H31N3O5/c1-3-21-8-7-9-23(17-21)31-28(35)26-18-24(11-13-27(26)32-14-5-4-6-15-32)33(19-34)29(36)25-12-10-22(30(37)38)16-20(25)2/h7-13,16-19H,3-6,14-15H2,1-2H3,(H,31,35)(H,37,38). The Labute approximate surface area is 221 Å². The van der Waals surface area contributed by atoms with Gasteiger partial charge in [-0.3, -0.25) is 14.4 Å². The Hall–Kier alpha value is -4.46. The van der Waals surface area contributed by atoms with Gasteiger partial charge in [0.1, 0.15) is 0 Å². The number of hydrogen-bond acceptors (Lipinski definition) is 5. The molecule has 0 atom stereocenters. The number of piperidine rings is 1. The van der Waals surface area contributed by atoms with E-state index in [1.165, 1.54) is 18.2 Å². The van der Waals surface area contributed by atoms with Crippen LogP contribution in [0, 0.1) is 6.92 Å². The molecule has 1 heterocycles. The minimum atomic E-state index is -1.10. The Morgan fingerprint density at radius 2 is 1.74 bits per heavy atom. The van der Waals surface area contributed by atoms with Crippen molar-refractivity contribution >= 4 is 41.3 Å². The number of benzene rings is 3. The number of rotatable bonds is 8. The first-order chi connectivity index (χ1) is 18.3. The number of carboxylic acid groups (broad SMARTS) is 1. The van der Waals surface area contributed by atoms with Crippen LogP contribution in [0.1, 0.15) is 68.4 Å². The van der Waals surface area contributed by atoms with Gasteiger partial charge < -0.3 is 15.3 Å². The first kappa shape index (κ1) is 26.6. The first-order valence-electron chi connectivity index (χ1n) is 12.7. The SMILES string of the molecule is CCc1cccc(NC(=O)c2cc(N(C=O)C(=O)c3ccc(C(=O)O)cc3C)ccc2N2CCCCC2)c1. The van der Waals surface area contributed by atoms with Gasteiger partial charge >= 0.3 is 5.97 Å². The number of imide groups is 1. The number of nitrogens with zero attached hydrogens (tertiary/aromatic N) is 2. The molecule has 3 amide bonds. The van der Waals surface area contributed by atoms with Crippen molar-refractivity contribution in [1.82, 2.24) is 0 Å². The molecule has 3 aromatic rings. The van der Waals surface area contributed by atoms with Crippen LogP contribution in [0.25, 0.3) is 0 Å². The Bertz CT molecular complexity index is 1380. The fourth-order valence-corrected chi connectivity index (χ4v) is 4.73. The smallest absolute Gasteiger partial charge is 0.335 e. The van der Waals surface area contributed by atoms with Crippen LogP contribution < -0.4 is 15.1 Å². The van der Waals surface area contributed by atoms with Crippen LogP contribution in [-0.4, -0.2) is 42.4 Å². The van der Waals surface area contributed by atoms with Gasteiger partial charge in [0, 0.05) is 30.0 Å². The van der Waals surface area contributed by atoms with Crippen LogP contribution in [-0.2, 0) is 11.2 Å². The molecule has 0 bridgehead atoms. The molecule has 1 saturated heterocycles. The maximum Gasteiger partial charge on any atom is 0.335 e. The molecule has 2 N–H and O–H groups in total. The minimum absolute atomic E-state index is 0.0497. The van der Waals surface area contributed by atoms with E-state index in [1.807, 2.05) is 31.2 Å². The lowest BCUT2D eigenvalue weighted by Crippen LogP contribution is -2.33. The van der Waals surface area contributed by atoms with Crippen molar-refractivity contribution < 1.29 is 24.3 Å². The Morgan fingerprint density at radius 1 is 0.974 bits per heavy atom. The van der Waals surface area contributed by atoms with Crippen molar-refractivity contribution in [3.05, 3.63) is 88.5 Å².